The lowest BCUT2D eigenvalue weighted by atomic mass is 10.0. The molecule has 1 aliphatic rings. The van der Waals surface area contributed by atoms with Crippen molar-refractivity contribution in [1.29, 1.82) is 0 Å². The average Bonchev–Trinajstić information content (AvgIpc) is 2.86. The second-order valence-corrected chi connectivity index (χ2v) is 5.65. The predicted molar refractivity (Wildman–Crippen MR) is 79.6 cm³/mol. The van der Waals surface area contributed by atoms with E-state index in [1.54, 1.807) is 4.90 Å². The van der Waals surface area contributed by atoms with Crippen molar-refractivity contribution < 1.29 is 14.3 Å². The number of nitrogens with zero attached hydrogens (tertiary/aromatic N) is 1. The van der Waals surface area contributed by atoms with Gasteiger partial charge in [-0.2, -0.15) is 0 Å². The first-order valence-corrected chi connectivity index (χ1v) is 7.75. The Bertz CT molecular complexity index is 477. The van der Waals surface area contributed by atoms with E-state index in [9.17, 15) is 9.59 Å². The van der Waals surface area contributed by atoms with Gasteiger partial charge >= 0.3 is 5.97 Å². The maximum Gasteiger partial charge on any atom is 0.328 e. The first-order valence-electron chi connectivity index (χ1n) is 6.63. The van der Waals surface area contributed by atoms with Crippen LogP contribution >= 0.6 is 15.9 Å². The maximum atomic E-state index is 12.1. The minimum absolute atomic E-state index is 0.0285. The van der Waals surface area contributed by atoms with Crippen LogP contribution in [0.1, 0.15) is 12.0 Å². The smallest absolute Gasteiger partial charge is 0.328 e. The fourth-order valence-corrected chi connectivity index (χ4v) is 2.94. The molecule has 108 valence electrons. The third-order valence-electron chi connectivity index (χ3n) is 3.58. The van der Waals surface area contributed by atoms with Crippen LogP contribution in [0.2, 0.25) is 0 Å². The summed E-state index contributed by atoms with van der Waals surface area (Å²) in [6.45, 7) is 0.608. The van der Waals surface area contributed by atoms with E-state index in [0.717, 1.165) is 10.9 Å². The van der Waals surface area contributed by atoms with E-state index in [-0.39, 0.29) is 17.8 Å². The monoisotopic (exact) mass is 339 g/mol. The molecule has 1 aromatic carbocycles. The second kappa shape index (κ2) is 6.88. The highest BCUT2D eigenvalue weighted by molar-refractivity contribution is 9.09. The number of halogens is 1. The van der Waals surface area contributed by atoms with Gasteiger partial charge in [-0.1, -0.05) is 46.3 Å². The van der Waals surface area contributed by atoms with Gasteiger partial charge in [0, 0.05) is 24.7 Å². The topological polar surface area (TPSA) is 46.6 Å². The molecular weight excluding hydrogens is 322 g/mol. The van der Waals surface area contributed by atoms with Gasteiger partial charge in [-0.3, -0.25) is 4.79 Å². The van der Waals surface area contributed by atoms with Crippen LogP contribution in [0.15, 0.2) is 30.3 Å². The molecule has 4 nitrogen and oxygen atoms in total. The normalized spacial score (nSPS) is 20.0. The molecule has 1 heterocycles. The number of alkyl halides is 1. The van der Waals surface area contributed by atoms with Crippen LogP contribution in [0, 0.1) is 5.92 Å². The molecule has 5 heteroatoms. The lowest BCUT2D eigenvalue weighted by Crippen LogP contribution is -2.44. The number of benzene rings is 1. The quantitative estimate of drug-likeness (QED) is 0.609. The average molecular weight is 340 g/mol. The molecule has 0 radical (unpaired) electrons. The van der Waals surface area contributed by atoms with Crippen molar-refractivity contribution in [2.24, 2.45) is 5.92 Å². The summed E-state index contributed by atoms with van der Waals surface area (Å²) in [7, 11) is 1.36. The molecule has 2 atom stereocenters. The number of likely N-dealkylation sites (tertiary alicyclic amines) is 1. The number of hydrogen-bond donors (Lipinski definition) is 0. The van der Waals surface area contributed by atoms with Gasteiger partial charge in [-0.05, 0) is 11.5 Å². The minimum atomic E-state index is -0.529. The van der Waals surface area contributed by atoms with Gasteiger partial charge in [0.2, 0.25) is 5.91 Å². The number of carbonyl (C=O) groups is 2. The van der Waals surface area contributed by atoms with Crippen molar-refractivity contribution in [3.63, 3.8) is 0 Å². The largest absolute Gasteiger partial charge is 0.467 e. The molecule has 0 saturated carbocycles. The molecule has 0 aliphatic carbocycles. The van der Waals surface area contributed by atoms with Gasteiger partial charge in [0.1, 0.15) is 6.04 Å². The van der Waals surface area contributed by atoms with Gasteiger partial charge in [0.15, 0.2) is 0 Å². The van der Waals surface area contributed by atoms with Crippen LogP contribution in [0.5, 0.6) is 0 Å². The minimum Gasteiger partial charge on any atom is -0.467 e. The number of amides is 1. The molecule has 1 saturated heterocycles. The zero-order valence-electron chi connectivity index (χ0n) is 11.4. The molecule has 1 aromatic rings. The molecule has 2 rings (SSSR count). The van der Waals surface area contributed by atoms with Crippen molar-refractivity contribution in [3.8, 4) is 0 Å². The fraction of sp³-hybridized carbons (Fsp3) is 0.467. The fourth-order valence-electron chi connectivity index (χ4n) is 2.51. The Morgan fingerprint density at radius 3 is 2.70 bits per heavy atom. The Morgan fingerprint density at radius 1 is 1.45 bits per heavy atom. The Balaban J connectivity index is 2.16. The maximum absolute atomic E-state index is 12.1. The van der Waals surface area contributed by atoms with Gasteiger partial charge in [-0.15, -0.1) is 0 Å². The summed E-state index contributed by atoms with van der Waals surface area (Å²) in [5.74, 6) is -0.0522. The molecule has 0 spiro atoms. The van der Waals surface area contributed by atoms with Crippen LogP contribution in [-0.2, 0) is 20.7 Å². The highest BCUT2D eigenvalue weighted by atomic mass is 79.9. The van der Waals surface area contributed by atoms with Gasteiger partial charge in [-0.25, -0.2) is 4.79 Å². The highest BCUT2D eigenvalue weighted by Gasteiger charge is 2.37. The first kappa shape index (κ1) is 15.0. The molecule has 1 aliphatic heterocycles. The molecule has 0 bridgehead atoms. The number of ether oxygens (including phenoxy) is 1. The molecule has 0 aromatic heterocycles. The molecule has 0 N–H and O–H groups in total. The zero-order chi connectivity index (χ0) is 14.5. The highest BCUT2D eigenvalue weighted by Crippen LogP contribution is 2.24. The number of hydrogen-bond acceptors (Lipinski definition) is 3. The van der Waals surface area contributed by atoms with E-state index in [0.29, 0.717) is 19.4 Å². The van der Waals surface area contributed by atoms with Crippen LogP contribution in [0.4, 0.5) is 0 Å². The molecular formula is C15H18BrNO3. The van der Waals surface area contributed by atoms with Crippen molar-refractivity contribution in [2.75, 3.05) is 19.0 Å². The van der Waals surface area contributed by atoms with Crippen LogP contribution in [0.3, 0.4) is 0 Å². The number of methoxy groups -OCH3 is 1. The van der Waals surface area contributed by atoms with Crippen molar-refractivity contribution in [1.82, 2.24) is 4.90 Å². The number of carbonyl (C=O) groups excluding carboxylic acids is 2. The Labute approximate surface area is 127 Å². The Kier molecular flexibility index (Phi) is 5.17. The third kappa shape index (κ3) is 3.39. The van der Waals surface area contributed by atoms with E-state index in [1.807, 2.05) is 30.3 Å². The summed E-state index contributed by atoms with van der Waals surface area (Å²) >= 11 is 3.41. The molecule has 1 unspecified atom stereocenters. The lowest BCUT2D eigenvalue weighted by molar-refractivity contribution is -0.151. The summed E-state index contributed by atoms with van der Waals surface area (Å²) in [6, 6.07) is 9.17. The zero-order valence-corrected chi connectivity index (χ0v) is 13.0. The van der Waals surface area contributed by atoms with Crippen LogP contribution in [-0.4, -0.2) is 41.8 Å². The predicted octanol–water partition coefficient (Wildman–Crippen LogP) is 2.01. The molecule has 20 heavy (non-hydrogen) atoms. The summed E-state index contributed by atoms with van der Waals surface area (Å²) in [5.41, 5.74) is 1.03. The van der Waals surface area contributed by atoms with Gasteiger partial charge in [0.05, 0.1) is 7.11 Å². The SMILES string of the molecule is COC(=O)[C@@H](Cc1ccccc1)N1CC(CBr)CC1=O. The standard InChI is InChI=1S/C15H18BrNO3/c1-20-15(19)13(7-11-5-3-2-4-6-11)17-10-12(9-16)8-14(17)18/h2-6,12-13H,7-10H2,1H3/t12?,13-/m1/s1. The van der Waals surface area contributed by atoms with Crippen molar-refractivity contribution in [2.45, 2.75) is 18.9 Å². The second-order valence-electron chi connectivity index (χ2n) is 5.00. The summed E-state index contributed by atoms with van der Waals surface area (Å²) < 4.78 is 4.87. The third-order valence-corrected chi connectivity index (χ3v) is 4.49. The van der Waals surface area contributed by atoms with E-state index in [4.69, 9.17) is 4.74 Å². The Morgan fingerprint density at radius 2 is 2.15 bits per heavy atom. The Hall–Kier alpha value is -1.36. The summed E-state index contributed by atoms with van der Waals surface area (Å²) in [6.07, 6.45) is 0.988. The van der Waals surface area contributed by atoms with Crippen molar-refractivity contribution in [3.05, 3.63) is 35.9 Å². The van der Waals surface area contributed by atoms with Crippen LogP contribution < -0.4 is 0 Å². The number of rotatable bonds is 5. The molecule has 1 fully saturated rings. The van der Waals surface area contributed by atoms with E-state index >= 15 is 0 Å². The van der Waals surface area contributed by atoms with Crippen LogP contribution in [0.25, 0.3) is 0 Å². The van der Waals surface area contributed by atoms with E-state index in [2.05, 4.69) is 15.9 Å². The first-order chi connectivity index (χ1) is 9.65. The van der Waals surface area contributed by atoms with E-state index < -0.39 is 6.04 Å². The van der Waals surface area contributed by atoms with Gasteiger partial charge < -0.3 is 9.64 Å². The summed E-state index contributed by atoms with van der Waals surface area (Å²) in [4.78, 5) is 25.8. The lowest BCUT2D eigenvalue weighted by Gasteiger charge is -2.26. The summed E-state index contributed by atoms with van der Waals surface area (Å²) in [5, 5.41) is 0.772. The van der Waals surface area contributed by atoms with Gasteiger partial charge in [0.25, 0.3) is 0 Å². The van der Waals surface area contributed by atoms with E-state index in [1.165, 1.54) is 7.11 Å². The number of esters is 1. The van der Waals surface area contributed by atoms with Crippen molar-refractivity contribution >= 4 is 27.8 Å². The molecule has 1 amide bonds.